The highest BCUT2D eigenvalue weighted by molar-refractivity contribution is 5.52. The van der Waals surface area contributed by atoms with Crippen molar-refractivity contribution in [1.82, 2.24) is 0 Å². The summed E-state index contributed by atoms with van der Waals surface area (Å²) in [6, 6.07) is 10.8. The fraction of sp³-hybridized carbons (Fsp3) is 0.0769. The molecular weight excluding hydrogens is 234 g/mol. The first-order valence-corrected chi connectivity index (χ1v) is 5.28. The van der Waals surface area contributed by atoms with Crippen molar-refractivity contribution in [3.05, 3.63) is 58.1 Å². The number of ether oxygens (including phenoxy) is 1. The maximum absolute atomic E-state index is 10.8. The molecule has 2 aromatic carbocycles. The molecule has 92 valence electrons. The van der Waals surface area contributed by atoms with Crippen LogP contribution in [0.25, 0.3) is 0 Å². The molecule has 0 radical (unpaired) electrons. The Kier molecular flexibility index (Phi) is 3.14. The summed E-state index contributed by atoms with van der Waals surface area (Å²) in [6.07, 6.45) is 0. The molecule has 0 amide bonds. The SMILES string of the molecule is Cc1cccc(Oc2cc(O)ccc2[N+](=O)[O-])c1. The molecule has 0 aliphatic carbocycles. The lowest BCUT2D eigenvalue weighted by Gasteiger charge is -2.07. The highest BCUT2D eigenvalue weighted by Crippen LogP contribution is 2.34. The normalized spacial score (nSPS) is 10.1. The molecule has 5 nitrogen and oxygen atoms in total. The average Bonchev–Trinajstić information content (AvgIpc) is 2.28. The van der Waals surface area contributed by atoms with E-state index in [2.05, 4.69) is 0 Å². The highest BCUT2D eigenvalue weighted by atomic mass is 16.6. The fourth-order valence-electron chi connectivity index (χ4n) is 1.54. The Morgan fingerprint density at radius 2 is 2.00 bits per heavy atom. The van der Waals surface area contributed by atoms with Crippen molar-refractivity contribution in [1.29, 1.82) is 0 Å². The summed E-state index contributed by atoms with van der Waals surface area (Å²) in [5, 5.41) is 20.2. The van der Waals surface area contributed by atoms with Crippen molar-refractivity contribution in [3.8, 4) is 17.2 Å². The Bertz CT molecular complexity index is 595. The molecule has 0 atom stereocenters. The van der Waals surface area contributed by atoms with Crippen LogP contribution in [0, 0.1) is 17.0 Å². The van der Waals surface area contributed by atoms with Gasteiger partial charge in [-0.05, 0) is 30.7 Å². The van der Waals surface area contributed by atoms with E-state index in [1.165, 1.54) is 18.2 Å². The summed E-state index contributed by atoms with van der Waals surface area (Å²) in [6.45, 7) is 1.89. The van der Waals surface area contributed by atoms with Crippen molar-refractivity contribution in [2.45, 2.75) is 6.92 Å². The Hall–Kier alpha value is -2.56. The molecule has 0 aliphatic heterocycles. The first-order chi connectivity index (χ1) is 8.56. The van der Waals surface area contributed by atoms with Gasteiger partial charge in [-0.3, -0.25) is 10.1 Å². The lowest BCUT2D eigenvalue weighted by molar-refractivity contribution is -0.385. The lowest BCUT2D eigenvalue weighted by atomic mass is 10.2. The zero-order chi connectivity index (χ0) is 13.1. The molecule has 0 saturated heterocycles. The number of hydrogen-bond acceptors (Lipinski definition) is 4. The van der Waals surface area contributed by atoms with Crippen molar-refractivity contribution >= 4 is 5.69 Å². The molecule has 0 spiro atoms. The number of aryl methyl sites for hydroxylation is 1. The van der Waals surface area contributed by atoms with E-state index in [-0.39, 0.29) is 17.2 Å². The Balaban J connectivity index is 2.39. The number of nitro benzene ring substituents is 1. The number of nitro groups is 1. The molecule has 18 heavy (non-hydrogen) atoms. The van der Waals surface area contributed by atoms with E-state index in [0.717, 1.165) is 5.56 Å². The lowest BCUT2D eigenvalue weighted by Crippen LogP contribution is -1.93. The first-order valence-electron chi connectivity index (χ1n) is 5.28. The summed E-state index contributed by atoms with van der Waals surface area (Å²) in [4.78, 5) is 10.3. The average molecular weight is 245 g/mol. The van der Waals surface area contributed by atoms with Crippen LogP contribution in [0.4, 0.5) is 5.69 Å². The number of rotatable bonds is 3. The maximum atomic E-state index is 10.8. The van der Waals surface area contributed by atoms with Crippen LogP contribution in [0.15, 0.2) is 42.5 Å². The molecule has 0 aliphatic rings. The fourth-order valence-corrected chi connectivity index (χ4v) is 1.54. The quantitative estimate of drug-likeness (QED) is 0.664. The second-order valence-corrected chi connectivity index (χ2v) is 3.83. The highest BCUT2D eigenvalue weighted by Gasteiger charge is 2.16. The molecule has 0 saturated carbocycles. The zero-order valence-electron chi connectivity index (χ0n) is 9.66. The third-order valence-corrected chi connectivity index (χ3v) is 2.36. The molecule has 0 aromatic heterocycles. The second-order valence-electron chi connectivity index (χ2n) is 3.83. The number of nitrogens with zero attached hydrogens (tertiary/aromatic N) is 1. The van der Waals surface area contributed by atoms with E-state index < -0.39 is 4.92 Å². The van der Waals surface area contributed by atoms with E-state index in [1.54, 1.807) is 18.2 Å². The van der Waals surface area contributed by atoms with Gasteiger partial charge in [0.15, 0.2) is 0 Å². The number of benzene rings is 2. The van der Waals surface area contributed by atoms with Gasteiger partial charge in [-0.25, -0.2) is 0 Å². The standard InChI is InChI=1S/C13H11NO4/c1-9-3-2-4-11(7-9)18-13-8-10(15)5-6-12(13)14(16)17/h2-8,15H,1H3. The van der Waals surface area contributed by atoms with Gasteiger partial charge in [-0.15, -0.1) is 0 Å². The second kappa shape index (κ2) is 4.75. The summed E-state index contributed by atoms with van der Waals surface area (Å²) in [7, 11) is 0. The van der Waals surface area contributed by atoms with Gasteiger partial charge in [0.1, 0.15) is 11.5 Å². The van der Waals surface area contributed by atoms with Gasteiger partial charge in [0.05, 0.1) is 4.92 Å². The van der Waals surface area contributed by atoms with Crippen LogP contribution in [0.3, 0.4) is 0 Å². The smallest absolute Gasteiger partial charge is 0.311 e. The predicted octanol–water partition coefficient (Wildman–Crippen LogP) is 3.40. The maximum Gasteiger partial charge on any atom is 0.311 e. The van der Waals surface area contributed by atoms with Crippen LogP contribution in [0.5, 0.6) is 17.2 Å². The van der Waals surface area contributed by atoms with Crippen molar-refractivity contribution in [3.63, 3.8) is 0 Å². The van der Waals surface area contributed by atoms with Gasteiger partial charge in [0.25, 0.3) is 0 Å². The number of phenols is 1. The van der Waals surface area contributed by atoms with Crippen molar-refractivity contribution < 1.29 is 14.8 Å². The summed E-state index contributed by atoms with van der Waals surface area (Å²) in [5.74, 6) is 0.428. The van der Waals surface area contributed by atoms with Crippen LogP contribution in [0.1, 0.15) is 5.56 Å². The molecule has 0 bridgehead atoms. The Labute approximate surface area is 103 Å². The van der Waals surface area contributed by atoms with Crippen LogP contribution >= 0.6 is 0 Å². The molecule has 0 heterocycles. The minimum atomic E-state index is -0.551. The predicted molar refractivity (Wildman–Crippen MR) is 66.0 cm³/mol. The van der Waals surface area contributed by atoms with Crippen LogP contribution in [-0.4, -0.2) is 10.0 Å². The monoisotopic (exact) mass is 245 g/mol. The van der Waals surface area contributed by atoms with Gasteiger partial charge >= 0.3 is 5.69 Å². The van der Waals surface area contributed by atoms with E-state index >= 15 is 0 Å². The van der Waals surface area contributed by atoms with Crippen molar-refractivity contribution in [2.24, 2.45) is 0 Å². The first kappa shape index (κ1) is 11.9. The van der Waals surface area contributed by atoms with E-state index in [9.17, 15) is 15.2 Å². The number of aromatic hydroxyl groups is 1. The number of hydrogen-bond donors (Lipinski definition) is 1. The van der Waals surface area contributed by atoms with E-state index in [4.69, 9.17) is 4.74 Å². The Morgan fingerprint density at radius 3 is 2.67 bits per heavy atom. The largest absolute Gasteiger partial charge is 0.508 e. The minimum Gasteiger partial charge on any atom is -0.508 e. The van der Waals surface area contributed by atoms with Crippen LogP contribution < -0.4 is 4.74 Å². The van der Waals surface area contributed by atoms with Crippen LogP contribution in [-0.2, 0) is 0 Å². The van der Waals surface area contributed by atoms with E-state index in [0.29, 0.717) is 5.75 Å². The molecule has 5 heteroatoms. The third kappa shape index (κ3) is 2.57. The molecule has 1 N–H and O–H groups in total. The minimum absolute atomic E-state index is 0.0191. The van der Waals surface area contributed by atoms with Crippen molar-refractivity contribution in [2.75, 3.05) is 0 Å². The van der Waals surface area contributed by atoms with Crippen LogP contribution in [0.2, 0.25) is 0 Å². The van der Waals surface area contributed by atoms with E-state index in [1.807, 2.05) is 13.0 Å². The summed E-state index contributed by atoms with van der Waals surface area (Å²) < 4.78 is 5.43. The Morgan fingerprint density at radius 1 is 1.22 bits per heavy atom. The molecule has 0 unspecified atom stereocenters. The molecule has 0 fully saturated rings. The van der Waals surface area contributed by atoms with Gasteiger partial charge < -0.3 is 9.84 Å². The van der Waals surface area contributed by atoms with Gasteiger partial charge in [-0.1, -0.05) is 12.1 Å². The topological polar surface area (TPSA) is 72.6 Å². The third-order valence-electron chi connectivity index (χ3n) is 2.36. The summed E-state index contributed by atoms with van der Waals surface area (Å²) in [5.41, 5.74) is 0.796. The van der Waals surface area contributed by atoms with Gasteiger partial charge in [0, 0.05) is 12.1 Å². The summed E-state index contributed by atoms with van der Waals surface area (Å²) >= 11 is 0. The number of phenolic OH excluding ortho intramolecular Hbond substituents is 1. The molecular formula is C13H11NO4. The molecule has 2 rings (SSSR count). The zero-order valence-corrected chi connectivity index (χ0v) is 9.66. The van der Waals surface area contributed by atoms with Gasteiger partial charge in [0.2, 0.25) is 5.75 Å². The molecule has 2 aromatic rings. The van der Waals surface area contributed by atoms with Gasteiger partial charge in [-0.2, -0.15) is 0 Å².